The van der Waals surface area contributed by atoms with Gasteiger partial charge in [0.05, 0.1) is 13.7 Å². The molecular formula is C17H27NO4S. The van der Waals surface area contributed by atoms with Crippen molar-refractivity contribution in [2.75, 3.05) is 20.3 Å². The van der Waals surface area contributed by atoms with Crippen LogP contribution in [-0.2, 0) is 10.0 Å². The molecule has 1 aromatic carbocycles. The van der Waals surface area contributed by atoms with Crippen LogP contribution in [0.2, 0.25) is 0 Å². The van der Waals surface area contributed by atoms with Crippen LogP contribution < -0.4 is 9.47 Å². The van der Waals surface area contributed by atoms with Gasteiger partial charge in [-0.1, -0.05) is 19.3 Å². The number of sulfonamides is 1. The maximum atomic E-state index is 13.1. The molecule has 1 heterocycles. The first-order valence-electron chi connectivity index (χ1n) is 8.29. The van der Waals surface area contributed by atoms with Crippen LogP contribution in [-0.4, -0.2) is 39.0 Å². The van der Waals surface area contributed by atoms with E-state index in [0.29, 0.717) is 24.7 Å². The number of rotatable bonds is 2. The number of ether oxygens (including phenoxy) is 2. The van der Waals surface area contributed by atoms with E-state index in [1.165, 1.54) is 0 Å². The standard InChI is InChI=1S/C17H27NO4S/c1-14(2)18-11-7-5-4-6-8-12-22-16-13-15(21-3)9-10-17(16)23(18,19)20/h9-10,13-14H,4-8,11-12H2,1-3H3. The second kappa shape index (κ2) is 8.02. The molecule has 0 bridgehead atoms. The van der Waals surface area contributed by atoms with Crippen LogP contribution in [0.3, 0.4) is 0 Å². The number of nitrogens with zero attached hydrogens (tertiary/aromatic N) is 1. The number of hydrogen-bond donors (Lipinski definition) is 0. The quantitative estimate of drug-likeness (QED) is 0.827. The lowest BCUT2D eigenvalue weighted by Crippen LogP contribution is -2.38. The number of fused-ring (bicyclic) bond motifs is 1. The van der Waals surface area contributed by atoms with Gasteiger partial charge in [-0.25, -0.2) is 8.42 Å². The lowest BCUT2D eigenvalue weighted by molar-refractivity contribution is 0.286. The van der Waals surface area contributed by atoms with Gasteiger partial charge in [-0.15, -0.1) is 0 Å². The molecule has 0 saturated heterocycles. The Bertz CT molecular complexity index is 613. The zero-order valence-corrected chi connectivity index (χ0v) is 15.1. The van der Waals surface area contributed by atoms with Gasteiger partial charge in [0.25, 0.3) is 0 Å². The van der Waals surface area contributed by atoms with Gasteiger partial charge in [0.1, 0.15) is 16.4 Å². The molecule has 0 saturated carbocycles. The molecule has 2 rings (SSSR count). The third kappa shape index (κ3) is 4.38. The molecule has 0 N–H and O–H groups in total. The van der Waals surface area contributed by atoms with E-state index in [-0.39, 0.29) is 10.9 Å². The van der Waals surface area contributed by atoms with E-state index in [1.54, 1.807) is 29.6 Å². The number of methoxy groups -OCH3 is 1. The van der Waals surface area contributed by atoms with E-state index >= 15 is 0 Å². The Morgan fingerprint density at radius 3 is 2.52 bits per heavy atom. The van der Waals surface area contributed by atoms with E-state index in [2.05, 4.69) is 0 Å². The molecule has 1 aromatic rings. The van der Waals surface area contributed by atoms with Crippen LogP contribution in [0.4, 0.5) is 0 Å². The Hall–Kier alpha value is -1.27. The highest BCUT2D eigenvalue weighted by molar-refractivity contribution is 7.89. The molecule has 0 unspecified atom stereocenters. The normalized spacial score (nSPS) is 20.0. The van der Waals surface area contributed by atoms with Gasteiger partial charge in [-0.2, -0.15) is 4.31 Å². The third-order valence-corrected chi connectivity index (χ3v) is 6.21. The highest BCUT2D eigenvalue weighted by Gasteiger charge is 2.30. The molecule has 23 heavy (non-hydrogen) atoms. The van der Waals surface area contributed by atoms with Crippen LogP contribution in [0.15, 0.2) is 23.1 Å². The van der Waals surface area contributed by atoms with Crippen molar-refractivity contribution in [3.63, 3.8) is 0 Å². The highest BCUT2D eigenvalue weighted by Crippen LogP contribution is 2.32. The lowest BCUT2D eigenvalue weighted by Gasteiger charge is -2.27. The summed E-state index contributed by atoms with van der Waals surface area (Å²) in [5, 5.41) is 0. The predicted molar refractivity (Wildman–Crippen MR) is 90.6 cm³/mol. The number of hydrogen-bond acceptors (Lipinski definition) is 4. The van der Waals surface area contributed by atoms with Crippen molar-refractivity contribution in [1.29, 1.82) is 0 Å². The Labute approximate surface area is 139 Å². The minimum Gasteiger partial charge on any atom is -0.497 e. The van der Waals surface area contributed by atoms with Crippen molar-refractivity contribution >= 4 is 10.0 Å². The van der Waals surface area contributed by atoms with Gasteiger partial charge in [-0.3, -0.25) is 0 Å². The molecule has 1 aliphatic rings. The van der Waals surface area contributed by atoms with Gasteiger partial charge < -0.3 is 9.47 Å². The molecule has 130 valence electrons. The average Bonchev–Trinajstić information content (AvgIpc) is 2.51. The molecule has 0 amide bonds. The summed E-state index contributed by atoms with van der Waals surface area (Å²) in [6, 6.07) is 4.84. The summed E-state index contributed by atoms with van der Waals surface area (Å²) in [6.07, 6.45) is 5.09. The van der Waals surface area contributed by atoms with E-state index in [1.807, 2.05) is 13.8 Å². The first-order valence-corrected chi connectivity index (χ1v) is 9.73. The summed E-state index contributed by atoms with van der Waals surface area (Å²) in [7, 11) is -2.02. The minimum atomic E-state index is -3.58. The molecule has 5 nitrogen and oxygen atoms in total. The molecule has 0 aromatic heterocycles. The summed E-state index contributed by atoms with van der Waals surface area (Å²) in [4.78, 5) is 0.229. The van der Waals surface area contributed by atoms with E-state index in [4.69, 9.17) is 9.47 Å². The fourth-order valence-corrected chi connectivity index (χ4v) is 4.59. The molecule has 0 aliphatic carbocycles. The topological polar surface area (TPSA) is 55.8 Å². The second-order valence-electron chi connectivity index (χ2n) is 6.14. The lowest BCUT2D eigenvalue weighted by atomic mass is 10.1. The van der Waals surface area contributed by atoms with Gasteiger partial charge in [0.15, 0.2) is 0 Å². The summed E-state index contributed by atoms with van der Waals surface area (Å²) < 4.78 is 38.7. The van der Waals surface area contributed by atoms with Crippen LogP contribution in [0.25, 0.3) is 0 Å². The molecule has 1 aliphatic heterocycles. The van der Waals surface area contributed by atoms with E-state index in [0.717, 1.165) is 32.1 Å². The highest BCUT2D eigenvalue weighted by atomic mass is 32.2. The zero-order chi connectivity index (χ0) is 16.9. The molecule has 0 spiro atoms. The number of benzene rings is 1. The Morgan fingerprint density at radius 1 is 1.13 bits per heavy atom. The minimum absolute atomic E-state index is 0.0853. The maximum absolute atomic E-state index is 13.1. The summed E-state index contributed by atoms with van der Waals surface area (Å²) in [5.41, 5.74) is 0. The van der Waals surface area contributed by atoms with E-state index in [9.17, 15) is 8.42 Å². The monoisotopic (exact) mass is 341 g/mol. The SMILES string of the molecule is COc1ccc2c(c1)OCCCCCCCN(C(C)C)S2(=O)=O. The zero-order valence-electron chi connectivity index (χ0n) is 14.2. The van der Waals surface area contributed by atoms with Crippen molar-refractivity contribution < 1.29 is 17.9 Å². The van der Waals surface area contributed by atoms with Crippen LogP contribution in [0.5, 0.6) is 11.5 Å². The van der Waals surface area contributed by atoms with Gasteiger partial charge in [0, 0.05) is 18.7 Å². The van der Waals surface area contributed by atoms with Crippen molar-refractivity contribution in [1.82, 2.24) is 4.31 Å². The molecule has 0 atom stereocenters. The maximum Gasteiger partial charge on any atom is 0.246 e. The molecular weight excluding hydrogens is 314 g/mol. The van der Waals surface area contributed by atoms with Crippen molar-refractivity contribution in [3.05, 3.63) is 18.2 Å². The smallest absolute Gasteiger partial charge is 0.246 e. The van der Waals surface area contributed by atoms with E-state index < -0.39 is 10.0 Å². The summed E-state index contributed by atoms with van der Waals surface area (Å²) in [5.74, 6) is 0.984. The fraction of sp³-hybridized carbons (Fsp3) is 0.647. The predicted octanol–water partition coefficient (Wildman–Crippen LogP) is 3.44. The first kappa shape index (κ1) is 18.1. The first-order chi connectivity index (χ1) is 11.0. The fourth-order valence-electron chi connectivity index (χ4n) is 2.81. The van der Waals surface area contributed by atoms with Gasteiger partial charge in [0.2, 0.25) is 10.0 Å². The van der Waals surface area contributed by atoms with Crippen LogP contribution in [0.1, 0.15) is 46.0 Å². The van der Waals surface area contributed by atoms with Gasteiger partial charge in [-0.05, 0) is 38.8 Å². The van der Waals surface area contributed by atoms with Crippen LogP contribution in [0, 0.1) is 0 Å². The van der Waals surface area contributed by atoms with Gasteiger partial charge >= 0.3 is 0 Å². The Kier molecular flexibility index (Phi) is 6.30. The molecule has 6 heteroatoms. The third-order valence-electron chi connectivity index (χ3n) is 4.09. The Balaban J connectivity index is 2.46. The van der Waals surface area contributed by atoms with Crippen LogP contribution >= 0.6 is 0 Å². The molecule has 0 radical (unpaired) electrons. The molecule has 0 fully saturated rings. The van der Waals surface area contributed by atoms with Crippen molar-refractivity contribution in [2.45, 2.75) is 56.9 Å². The summed E-state index contributed by atoms with van der Waals surface area (Å²) >= 11 is 0. The van der Waals surface area contributed by atoms with Crippen molar-refractivity contribution in [2.24, 2.45) is 0 Å². The largest absolute Gasteiger partial charge is 0.497 e. The summed E-state index contributed by atoms with van der Waals surface area (Å²) in [6.45, 7) is 4.89. The average molecular weight is 341 g/mol. The van der Waals surface area contributed by atoms with Crippen molar-refractivity contribution in [3.8, 4) is 11.5 Å². The second-order valence-corrected chi connectivity index (χ2v) is 8.00. The Morgan fingerprint density at radius 2 is 1.83 bits per heavy atom.